The highest BCUT2D eigenvalue weighted by Gasteiger charge is 2.39. The highest BCUT2D eigenvalue weighted by atomic mass is 79.9. The third-order valence-corrected chi connectivity index (χ3v) is 4.19. The van der Waals surface area contributed by atoms with E-state index in [2.05, 4.69) is 33.4 Å². The number of hydrogen-bond acceptors (Lipinski definition) is 1. The largest absolute Gasteiger partial charge is 0.349 e. The lowest BCUT2D eigenvalue weighted by Crippen LogP contribution is -2.27. The van der Waals surface area contributed by atoms with E-state index in [1.165, 1.54) is 11.6 Å². The Balaban J connectivity index is 1.70. The van der Waals surface area contributed by atoms with E-state index in [4.69, 9.17) is 0 Å². The first-order chi connectivity index (χ1) is 9.66. The summed E-state index contributed by atoms with van der Waals surface area (Å²) >= 11 is 3.22. The maximum Gasteiger partial charge on any atom is 0.255 e. The van der Waals surface area contributed by atoms with Gasteiger partial charge < -0.3 is 5.32 Å². The number of carbonyl (C=O) groups is 1. The van der Waals surface area contributed by atoms with Crippen LogP contribution in [0.2, 0.25) is 0 Å². The van der Waals surface area contributed by atoms with E-state index in [0.717, 1.165) is 6.42 Å². The zero-order valence-corrected chi connectivity index (χ0v) is 12.2. The van der Waals surface area contributed by atoms with Crippen LogP contribution in [0.25, 0.3) is 0 Å². The standard InChI is InChI=1S/C16H13BrFNO/c17-12-7-4-8-13(18)15(12)16(20)19-14-9-11(14)10-5-2-1-3-6-10/h1-8,11,14H,9H2,(H,19,20). The van der Waals surface area contributed by atoms with E-state index < -0.39 is 5.82 Å². The Morgan fingerprint density at radius 3 is 2.60 bits per heavy atom. The Morgan fingerprint density at radius 2 is 1.90 bits per heavy atom. The second kappa shape index (κ2) is 5.37. The van der Waals surface area contributed by atoms with E-state index in [1.54, 1.807) is 12.1 Å². The third kappa shape index (κ3) is 2.61. The fourth-order valence-corrected chi connectivity index (χ4v) is 2.90. The molecule has 2 nitrogen and oxygen atoms in total. The molecule has 1 aliphatic rings. The van der Waals surface area contributed by atoms with Crippen LogP contribution in [0, 0.1) is 5.82 Å². The van der Waals surface area contributed by atoms with Gasteiger partial charge in [0.2, 0.25) is 0 Å². The number of amides is 1. The smallest absolute Gasteiger partial charge is 0.255 e. The van der Waals surface area contributed by atoms with Crippen molar-refractivity contribution in [2.45, 2.75) is 18.4 Å². The van der Waals surface area contributed by atoms with Crippen molar-refractivity contribution in [2.75, 3.05) is 0 Å². The van der Waals surface area contributed by atoms with E-state index in [-0.39, 0.29) is 17.5 Å². The van der Waals surface area contributed by atoms with Crippen molar-refractivity contribution in [1.82, 2.24) is 5.32 Å². The minimum absolute atomic E-state index is 0.0752. The molecule has 0 aromatic heterocycles. The van der Waals surface area contributed by atoms with Crippen molar-refractivity contribution in [3.8, 4) is 0 Å². The highest BCUT2D eigenvalue weighted by Crippen LogP contribution is 2.40. The minimum atomic E-state index is -0.506. The second-order valence-electron chi connectivity index (χ2n) is 4.93. The lowest BCUT2D eigenvalue weighted by atomic mass is 10.1. The summed E-state index contributed by atoms with van der Waals surface area (Å²) in [5, 5.41) is 2.89. The van der Waals surface area contributed by atoms with Crippen molar-refractivity contribution in [3.63, 3.8) is 0 Å². The summed E-state index contributed by atoms with van der Waals surface area (Å²) in [6.07, 6.45) is 0.905. The predicted molar refractivity (Wildman–Crippen MR) is 79.2 cm³/mol. The molecule has 1 amide bonds. The molecule has 0 spiro atoms. The van der Waals surface area contributed by atoms with E-state index in [1.807, 2.05) is 18.2 Å². The Morgan fingerprint density at radius 1 is 1.15 bits per heavy atom. The Bertz CT molecular complexity index is 624. The lowest BCUT2D eigenvalue weighted by molar-refractivity contribution is 0.0945. The summed E-state index contributed by atoms with van der Waals surface area (Å²) in [6.45, 7) is 0. The molecular weight excluding hydrogens is 321 g/mol. The molecule has 0 saturated heterocycles. The molecule has 2 aromatic rings. The van der Waals surface area contributed by atoms with Gasteiger partial charge in [-0.05, 0) is 40.0 Å². The van der Waals surface area contributed by atoms with E-state index in [0.29, 0.717) is 10.4 Å². The van der Waals surface area contributed by atoms with Gasteiger partial charge in [-0.1, -0.05) is 36.4 Å². The van der Waals surface area contributed by atoms with Crippen LogP contribution >= 0.6 is 15.9 Å². The van der Waals surface area contributed by atoms with E-state index >= 15 is 0 Å². The van der Waals surface area contributed by atoms with Crippen LogP contribution in [0.15, 0.2) is 53.0 Å². The van der Waals surface area contributed by atoms with Gasteiger partial charge in [-0.15, -0.1) is 0 Å². The molecule has 2 aromatic carbocycles. The average molecular weight is 334 g/mol. The zero-order valence-electron chi connectivity index (χ0n) is 10.6. The molecule has 2 atom stereocenters. The van der Waals surface area contributed by atoms with Crippen LogP contribution in [0.4, 0.5) is 4.39 Å². The summed E-state index contributed by atoms with van der Waals surface area (Å²) < 4.78 is 14.2. The number of rotatable bonds is 3. The summed E-state index contributed by atoms with van der Waals surface area (Å²) in [5.41, 5.74) is 1.29. The molecule has 0 radical (unpaired) electrons. The molecule has 102 valence electrons. The number of nitrogens with one attached hydrogen (secondary N) is 1. The number of hydrogen-bond donors (Lipinski definition) is 1. The summed E-state index contributed by atoms with van der Waals surface area (Å²) in [6, 6.07) is 14.7. The van der Waals surface area contributed by atoms with Crippen LogP contribution in [-0.4, -0.2) is 11.9 Å². The van der Waals surface area contributed by atoms with Crippen molar-refractivity contribution >= 4 is 21.8 Å². The molecular formula is C16H13BrFNO. The third-order valence-electron chi connectivity index (χ3n) is 3.52. The van der Waals surface area contributed by atoms with Gasteiger partial charge >= 0.3 is 0 Å². The Labute approximate surface area is 125 Å². The fourth-order valence-electron chi connectivity index (χ4n) is 2.38. The van der Waals surface area contributed by atoms with Gasteiger partial charge in [0.05, 0.1) is 5.56 Å². The molecule has 0 heterocycles. The molecule has 1 fully saturated rings. The molecule has 4 heteroatoms. The van der Waals surface area contributed by atoms with Gasteiger partial charge in [-0.25, -0.2) is 4.39 Å². The van der Waals surface area contributed by atoms with Crippen molar-refractivity contribution in [3.05, 3.63) is 69.9 Å². The summed E-state index contributed by atoms with van der Waals surface area (Å²) in [5.74, 6) is -0.530. The van der Waals surface area contributed by atoms with Crippen LogP contribution in [0.5, 0.6) is 0 Å². The zero-order chi connectivity index (χ0) is 14.1. The van der Waals surface area contributed by atoms with Gasteiger partial charge in [0, 0.05) is 16.4 Å². The van der Waals surface area contributed by atoms with Crippen molar-refractivity contribution in [2.24, 2.45) is 0 Å². The summed E-state index contributed by atoms with van der Waals surface area (Å²) in [7, 11) is 0. The molecule has 1 N–H and O–H groups in total. The monoisotopic (exact) mass is 333 g/mol. The van der Waals surface area contributed by atoms with Gasteiger partial charge in [-0.2, -0.15) is 0 Å². The number of benzene rings is 2. The molecule has 3 rings (SSSR count). The van der Waals surface area contributed by atoms with Crippen LogP contribution < -0.4 is 5.32 Å². The highest BCUT2D eigenvalue weighted by molar-refractivity contribution is 9.10. The molecule has 1 aliphatic carbocycles. The van der Waals surface area contributed by atoms with Gasteiger partial charge in [0.1, 0.15) is 5.82 Å². The maximum absolute atomic E-state index is 13.7. The van der Waals surface area contributed by atoms with Gasteiger partial charge in [0.25, 0.3) is 5.91 Å². The normalized spacial score (nSPS) is 20.5. The molecule has 20 heavy (non-hydrogen) atoms. The van der Waals surface area contributed by atoms with E-state index in [9.17, 15) is 9.18 Å². The van der Waals surface area contributed by atoms with Crippen LogP contribution in [0.3, 0.4) is 0 Å². The van der Waals surface area contributed by atoms with Crippen LogP contribution in [0.1, 0.15) is 28.3 Å². The molecule has 1 saturated carbocycles. The topological polar surface area (TPSA) is 29.1 Å². The molecule has 0 aliphatic heterocycles. The average Bonchev–Trinajstić information content (AvgIpc) is 3.19. The minimum Gasteiger partial charge on any atom is -0.349 e. The fraction of sp³-hybridized carbons (Fsp3) is 0.188. The summed E-state index contributed by atoms with van der Waals surface area (Å²) in [4.78, 5) is 12.1. The molecule has 2 unspecified atom stereocenters. The number of carbonyl (C=O) groups excluding carboxylic acids is 1. The van der Waals surface area contributed by atoms with Crippen LogP contribution in [-0.2, 0) is 0 Å². The SMILES string of the molecule is O=C(NC1CC1c1ccccc1)c1c(F)cccc1Br. The van der Waals surface area contributed by atoms with Gasteiger partial charge in [0.15, 0.2) is 0 Å². The second-order valence-corrected chi connectivity index (χ2v) is 5.78. The lowest BCUT2D eigenvalue weighted by Gasteiger charge is -2.07. The predicted octanol–water partition coefficient (Wildman–Crippen LogP) is 3.87. The first-order valence-electron chi connectivity index (χ1n) is 6.46. The van der Waals surface area contributed by atoms with Crippen molar-refractivity contribution in [1.29, 1.82) is 0 Å². The maximum atomic E-state index is 13.7. The number of halogens is 2. The molecule has 0 bridgehead atoms. The first kappa shape index (κ1) is 13.3. The first-order valence-corrected chi connectivity index (χ1v) is 7.26. The van der Waals surface area contributed by atoms with Crippen molar-refractivity contribution < 1.29 is 9.18 Å². The van der Waals surface area contributed by atoms with Gasteiger partial charge in [-0.3, -0.25) is 4.79 Å². The Kier molecular flexibility index (Phi) is 3.57. The quantitative estimate of drug-likeness (QED) is 0.907. The Hall–Kier alpha value is -1.68.